The summed E-state index contributed by atoms with van der Waals surface area (Å²) in [5, 5.41) is 3.56. The first-order valence-corrected chi connectivity index (χ1v) is 7.10. The van der Waals surface area contributed by atoms with Crippen LogP contribution in [0.4, 0.5) is 0 Å². The van der Waals surface area contributed by atoms with E-state index in [1.165, 1.54) is 22.3 Å². The molecule has 106 valence electrons. The summed E-state index contributed by atoms with van der Waals surface area (Å²) >= 11 is 0. The number of nitrogens with one attached hydrogen (secondary N) is 1. The molecule has 0 amide bonds. The first kappa shape index (κ1) is 14.6. The standard InChI is InChI=1S/C18H23NO/c1-5-19-18(15-8-6-13(2)7-9-15)16-10-11-17(20-4)14(3)12-16/h6-12,18-19H,5H2,1-4H3. The molecule has 0 aliphatic heterocycles. The van der Waals surface area contributed by atoms with Crippen LogP contribution in [0.1, 0.15) is 35.2 Å². The van der Waals surface area contributed by atoms with Gasteiger partial charge >= 0.3 is 0 Å². The smallest absolute Gasteiger partial charge is 0.121 e. The summed E-state index contributed by atoms with van der Waals surface area (Å²) in [5.74, 6) is 0.938. The van der Waals surface area contributed by atoms with Crippen LogP contribution in [0.2, 0.25) is 0 Å². The Bertz CT molecular complexity index is 560. The van der Waals surface area contributed by atoms with Crippen LogP contribution in [-0.2, 0) is 0 Å². The van der Waals surface area contributed by atoms with Crippen molar-refractivity contribution >= 4 is 0 Å². The Morgan fingerprint density at radius 2 is 1.65 bits per heavy atom. The van der Waals surface area contributed by atoms with Crippen molar-refractivity contribution in [3.63, 3.8) is 0 Å². The third-order valence-corrected chi connectivity index (χ3v) is 3.57. The Kier molecular flexibility index (Phi) is 4.80. The fraction of sp³-hybridized carbons (Fsp3) is 0.333. The van der Waals surface area contributed by atoms with Gasteiger partial charge in [0, 0.05) is 0 Å². The van der Waals surface area contributed by atoms with Crippen molar-refractivity contribution in [2.24, 2.45) is 0 Å². The quantitative estimate of drug-likeness (QED) is 0.885. The molecule has 2 aromatic rings. The van der Waals surface area contributed by atoms with Gasteiger partial charge in [-0.25, -0.2) is 0 Å². The van der Waals surface area contributed by atoms with Crippen LogP contribution >= 0.6 is 0 Å². The molecule has 2 nitrogen and oxygen atoms in total. The van der Waals surface area contributed by atoms with E-state index < -0.39 is 0 Å². The number of rotatable bonds is 5. The second kappa shape index (κ2) is 6.58. The fourth-order valence-corrected chi connectivity index (χ4v) is 2.47. The largest absolute Gasteiger partial charge is 0.496 e. The van der Waals surface area contributed by atoms with E-state index in [0.717, 1.165) is 12.3 Å². The Balaban J connectivity index is 2.37. The van der Waals surface area contributed by atoms with Crippen LogP contribution < -0.4 is 10.1 Å². The molecule has 20 heavy (non-hydrogen) atoms. The maximum absolute atomic E-state index is 5.34. The van der Waals surface area contributed by atoms with Crippen molar-refractivity contribution in [1.29, 1.82) is 0 Å². The molecule has 2 heteroatoms. The van der Waals surface area contributed by atoms with E-state index in [1.54, 1.807) is 7.11 Å². The SMILES string of the molecule is CCNC(c1ccc(C)cc1)c1ccc(OC)c(C)c1. The second-order valence-corrected chi connectivity index (χ2v) is 5.13. The number of methoxy groups -OCH3 is 1. The van der Waals surface area contributed by atoms with E-state index >= 15 is 0 Å². The maximum Gasteiger partial charge on any atom is 0.121 e. The molecule has 0 aliphatic rings. The molecule has 0 radical (unpaired) electrons. The summed E-state index contributed by atoms with van der Waals surface area (Å²) in [5.41, 5.74) is 5.02. The number of hydrogen-bond acceptors (Lipinski definition) is 2. The average molecular weight is 269 g/mol. The lowest BCUT2D eigenvalue weighted by atomic mass is 9.96. The van der Waals surface area contributed by atoms with Crippen molar-refractivity contribution in [2.45, 2.75) is 26.8 Å². The second-order valence-electron chi connectivity index (χ2n) is 5.13. The van der Waals surface area contributed by atoms with Gasteiger partial charge in [-0.2, -0.15) is 0 Å². The molecule has 0 heterocycles. The van der Waals surface area contributed by atoms with Gasteiger partial charge < -0.3 is 10.1 Å². The topological polar surface area (TPSA) is 21.3 Å². The van der Waals surface area contributed by atoms with Gasteiger partial charge in [0.2, 0.25) is 0 Å². The fourth-order valence-electron chi connectivity index (χ4n) is 2.47. The van der Waals surface area contributed by atoms with Crippen LogP contribution in [0.3, 0.4) is 0 Å². The van der Waals surface area contributed by atoms with E-state index in [4.69, 9.17) is 4.74 Å². The van der Waals surface area contributed by atoms with Gasteiger partial charge in [-0.15, -0.1) is 0 Å². The molecular weight excluding hydrogens is 246 g/mol. The lowest BCUT2D eigenvalue weighted by Crippen LogP contribution is -2.22. The van der Waals surface area contributed by atoms with Gasteiger partial charge in [-0.1, -0.05) is 48.9 Å². The van der Waals surface area contributed by atoms with Crippen LogP contribution in [0.5, 0.6) is 5.75 Å². The van der Waals surface area contributed by atoms with E-state index in [1.807, 2.05) is 6.07 Å². The van der Waals surface area contributed by atoms with Crippen LogP contribution in [0, 0.1) is 13.8 Å². The van der Waals surface area contributed by atoms with Gasteiger partial charge in [-0.3, -0.25) is 0 Å². The lowest BCUT2D eigenvalue weighted by molar-refractivity contribution is 0.411. The van der Waals surface area contributed by atoms with E-state index in [0.29, 0.717) is 0 Å². The molecule has 0 saturated carbocycles. The number of hydrogen-bond donors (Lipinski definition) is 1. The van der Waals surface area contributed by atoms with Crippen LogP contribution in [0.15, 0.2) is 42.5 Å². The van der Waals surface area contributed by atoms with E-state index in [9.17, 15) is 0 Å². The molecule has 2 rings (SSSR count). The Labute approximate surface area is 121 Å². The molecule has 2 aromatic carbocycles. The summed E-state index contributed by atoms with van der Waals surface area (Å²) in [4.78, 5) is 0. The minimum absolute atomic E-state index is 0.227. The van der Waals surface area contributed by atoms with E-state index in [-0.39, 0.29) is 6.04 Å². The summed E-state index contributed by atoms with van der Waals surface area (Å²) < 4.78 is 5.34. The van der Waals surface area contributed by atoms with Gasteiger partial charge in [-0.05, 0) is 43.1 Å². The summed E-state index contributed by atoms with van der Waals surface area (Å²) in [6.07, 6.45) is 0. The van der Waals surface area contributed by atoms with Crippen LogP contribution in [-0.4, -0.2) is 13.7 Å². The van der Waals surface area contributed by atoms with Gasteiger partial charge in [0.25, 0.3) is 0 Å². The molecule has 0 saturated heterocycles. The minimum atomic E-state index is 0.227. The van der Waals surface area contributed by atoms with Crippen molar-refractivity contribution in [3.8, 4) is 5.75 Å². The highest BCUT2D eigenvalue weighted by molar-refractivity contribution is 5.41. The van der Waals surface area contributed by atoms with Gasteiger partial charge in [0.05, 0.1) is 13.2 Å². The van der Waals surface area contributed by atoms with Crippen molar-refractivity contribution in [3.05, 3.63) is 64.7 Å². The zero-order chi connectivity index (χ0) is 14.5. The molecule has 0 fully saturated rings. The Morgan fingerprint density at radius 3 is 2.20 bits per heavy atom. The molecule has 1 unspecified atom stereocenters. The zero-order valence-electron chi connectivity index (χ0n) is 12.7. The van der Waals surface area contributed by atoms with E-state index in [2.05, 4.69) is 62.5 Å². The first-order chi connectivity index (χ1) is 9.65. The average Bonchev–Trinajstić information content (AvgIpc) is 2.46. The molecule has 1 N–H and O–H groups in total. The summed E-state index contributed by atoms with van der Waals surface area (Å²) in [6, 6.07) is 15.3. The predicted molar refractivity (Wildman–Crippen MR) is 84.4 cm³/mol. The third-order valence-electron chi connectivity index (χ3n) is 3.57. The minimum Gasteiger partial charge on any atom is -0.496 e. The van der Waals surface area contributed by atoms with Crippen LogP contribution in [0.25, 0.3) is 0 Å². The Hall–Kier alpha value is -1.80. The highest BCUT2D eigenvalue weighted by Crippen LogP contribution is 2.27. The molecule has 0 spiro atoms. The molecule has 0 aliphatic carbocycles. The first-order valence-electron chi connectivity index (χ1n) is 7.10. The zero-order valence-corrected chi connectivity index (χ0v) is 12.7. The summed E-state index contributed by atoms with van der Waals surface area (Å²) in [7, 11) is 1.71. The maximum atomic E-state index is 5.34. The van der Waals surface area contributed by atoms with Crippen molar-refractivity contribution < 1.29 is 4.74 Å². The molecule has 1 atom stereocenters. The predicted octanol–water partition coefficient (Wildman–Crippen LogP) is 4.01. The third kappa shape index (κ3) is 3.20. The van der Waals surface area contributed by atoms with Crippen molar-refractivity contribution in [1.82, 2.24) is 5.32 Å². The van der Waals surface area contributed by atoms with Gasteiger partial charge in [0.1, 0.15) is 5.75 Å². The highest BCUT2D eigenvalue weighted by atomic mass is 16.5. The molecule has 0 aromatic heterocycles. The number of aryl methyl sites for hydroxylation is 2. The molecular formula is C18H23NO. The van der Waals surface area contributed by atoms with Gasteiger partial charge in [0.15, 0.2) is 0 Å². The highest BCUT2D eigenvalue weighted by Gasteiger charge is 2.13. The lowest BCUT2D eigenvalue weighted by Gasteiger charge is -2.20. The summed E-state index contributed by atoms with van der Waals surface area (Å²) in [6.45, 7) is 7.27. The number of ether oxygens (including phenoxy) is 1. The molecule has 0 bridgehead atoms. The normalized spacial score (nSPS) is 12.2. The van der Waals surface area contributed by atoms with Crippen molar-refractivity contribution in [2.75, 3.05) is 13.7 Å². The number of benzene rings is 2. The Morgan fingerprint density at radius 1 is 1.00 bits per heavy atom. The monoisotopic (exact) mass is 269 g/mol.